The van der Waals surface area contributed by atoms with Crippen LogP contribution in [0.2, 0.25) is 0 Å². The largest absolute Gasteiger partial charge is 0.573 e. The van der Waals surface area contributed by atoms with E-state index in [4.69, 9.17) is 16.9 Å². The number of alkyl halides is 4. The van der Waals surface area contributed by atoms with Gasteiger partial charge in [0.05, 0.1) is 24.1 Å². The first-order valence-corrected chi connectivity index (χ1v) is 5.85. The standard InChI is InChI=1S/C9H5ClF3IN2O/c10-4-6-7(17-9(11,12)13)3-5(1-2-15)16-8(6)14/h3H,1,4H2. The highest BCUT2D eigenvalue weighted by atomic mass is 127. The van der Waals surface area contributed by atoms with Crippen LogP contribution in [0.15, 0.2) is 6.07 Å². The van der Waals surface area contributed by atoms with Crippen molar-refractivity contribution >= 4 is 34.2 Å². The molecule has 3 nitrogen and oxygen atoms in total. The zero-order valence-corrected chi connectivity index (χ0v) is 11.1. The van der Waals surface area contributed by atoms with Crippen LogP contribution in [0.4, 0.5) is 13.2 Å². The van der Waals surface area contributed by atoms with Crippen molar-refractivity contribution in [1.82, 2.24) is 4.98 Å². The van der Waals surface area contributed by atoms with Gasteiger partial charge in [-0.3, -0.25) is 0 Å². The molecule has 0 aromatic carbocycles. The van der Waals surface area contributed by atoms with Gasteiger partial charge in [-0.1, -0.05) is 0 Å². The van der Waals surface area contributed by atoms with Crippen molar-refractivity contribution in [1.29, 1.82) is 5.26 Å². The van der Waals surface area contributed by atoms with Crippen LogP contribution in [-0.4, -0.2) is 11.3 Å². The van der Waals surface area contributed by atoms with Gasteiger partial charge in [0.2, 0.25) is 0 Å². The average molecular weight is 377 g/mol. The maximum Gasteiger partial charge on any atom is 0.573 e. The van der Waals surface area contributed by atoms with Gasteiger partial charge in [-0.25, -0.2) is 4.98 Å². The van der Waals surface area contributed by atoms with Gasteiger partial charge in [-0.15, -0.1) is 24.8 Å². The molecule has 8 heteroatoms. The normalized spacial score (nSPS) is 11.1. The minimum absolute atomic E-state index is 0.0905. The lowest BCUT2D eigenvalue weighted by Gasteiger charge is -2.13. The van der Waals surface area contributed by atoms with Crippen molar-refractivity contribution in [3.05, 3.63) is 21.0 Å². The summed E-state index contributed by atoms with van der Waals surface area (Å²) in [5.74, 6) is -0.555. The second-order valence-corrected chi connectivity index (χ2v) is 4.19. The molecule has 0 aliphatic heterocycles. The van der Waals surface area contributed by atoms with Crippen LogP contribution < -0.4 is 4.74 Å². The molecule has 0 aliphatic carbocycles. The van der Waals surface area contributed by atoms with Crippen molar-refractivity contribution in [2.24, 2.45) is 0 Å². The van der Waals surface area contributed by atoms with E-state index in [9.17, 15) is 13.2 Å². The summed E-state index contributed by atoms with van der Waals surface area (Å²) >= 11 is 7.29. The molecule has 1 aromatic rings. The first-order valence-electron chi connectivity index (χ1n) is 4.24. The molecular weight excluding hydrogens is 371 g/mol. The zero-order valence-electron chi connectivity index (χ0n) is 8.18. The Hall–Kier alpha value is -0.750. The molecule has 1 heterocycles. The third-order valence-corrected chi connectivity index (χ3v) is 2.86. The van der Waals surface area contributed by atoms with E-state index >= 15 is 0 Å². The van der Waals surface area contributed by atoms with Crippen molar-refractivity contribution in [2.75, 3.05) is 0 Å². The molecule has 0 atom stereocenters. The molecule has 0 radical (unpaired) electrons. The summed E-state index contributed by atoms with van der Waals surface area (Å²) in [7, 11) is 0. The molecule has 0 saturated carbocycles. The minimum Gasteiger partial charge on any atom is -0.405 e. The van der Waals surface area contributed by atoms with Gasteiger partial charge in [0.1, 0.15) is 9.45 Å². The molecule has 0 unspecified atom stereocenters. The fourth-order valence-electron chi connectivity index (χ4n) is 1.07. The van der Waals surface area contributed by atoms with Gasteiger partial charge in [-0.2, -0.15) is 5.26 Å². The number of nitrogens with zero attached hydrogens (tertiary/aromatic N) is 2. The van der Waals surface area contributed by atoms with Crippen molar-refractivity contribution in [2.45, 2.75) is 18.7 Å². The number of halogens is 5. The van der Waals surface area contributed by atoms with E-state index in [1.54, 1.807) is 28.7 Å². The fraction of sp³-hybridized carbons (Fsp3) is 0.333. The highest BCUT2D eigenvalue weighted by Crippen LogP contribution is 2.30. The predicted octanol–water partition coefficient (Wildman–Crippen LogP) is 3.39. The number of ether oxygens (including phenoxy) is 1. The maximum atomic E-state index is 12.2. The monoisotopic (exact) mass is 376 g/mol. The highest BCUT2D eigenvalue weighted by molar-refractivity contribution is 14.1. The summed E-state index contributed by atoms with van der Waals surface area (Å²) in [6.07, 6.45) is -4.89. The second-order valence-electron chi connectivity index (χ2n) is 2.90. The lowest BCUT2D eigenvalue weighted by molar-refractivity contribution is -0.274. The van der Waals surface area contributed by atoms with Crippen LogP contribution in [0.3, 0.4) is 0 Å². The van der Waals surface area contributed by atoms with E-state index in [2.05, 4.69) is 9.72 Å². The molecule has 0 amide bonds. The lowest BCUT2D eigenvalue weighted by Crippen LogP contribution is -2.19. The van der Waals surface area contributed by atoms with Crippen molar-refractivity contribution in [3.63, 3.8) is 0 Å². The predicted molar refractivity (Wildman–Crippen MR) is 62.5 cm³/mol. The van der Waals surface area contributed by atoms with Gasteiger partial charge in [0.25, 0.3) is 0 Å². The number of aromatic nitrogens is 1. The Morgan fingerprint density at radius 2 is 2.18 bits per heavy atom. The van der Waals surface area contributed by atoms with E-state index < -0.39 is 12.1 Å². The smallest absolute Gasteiger partial charge is 0.405 e. The van der Waals surface area contributed by atoms with Crippen LogP contribution in [0.5, 0.6) is 5.75 Å². The Balaban J connectivity index is 3.20. The SMILES string of the molecule is N#CCc1cc(OC(F)(F)F)c(CCl)c(I)n1. The first kappa shape index (κ1) is 14.3. The summed E-state index contributed by atoms with van der Waals surface area (Å²) in [6, 6.07) is 2.88. The number of rotatable bonds is 3. The zero-order chi connectivity index (χ0) is 13.1. The molecule has 0 N–H and O–H groups in total. The summed E-state index contributed by atoms with van der Waals surface area (Å²) < 4.78 is 40.6. The average Bonchev–Trinajstić information content (AvgIpc) is 2.15. The molecular formula is C9H5ClF3IN2O. The number of nitriles is 1. The Kier molecular flexibility index (Phi) is 4.82. The molecule has 0 aliphatic rings. The summed E-state index contributed by atoms with van der Waals surface area (Å²) in [4.78, 5) is 3.96. The quantitative estimate of drug-likeness (QED) is 0.461. The van der Waals surface area contributed by atoms with E-state index in [-0.39, 0.29) is 23.6 Å². The topological polar surface area (TPSA) is 45.9 Å². The third-order valence-electron chi connectivity index (χ3n) is 1.71. The number of pyridine rings is 1. The molecule has 17 heavy (non-hydrogen) atoms. The Labute approximate surface area is 114 Å². The van der Waals surface area contributed by atoms with Gasteiger partial charge >= 0.3 is 6.36 Å². The van der Waals surface area contributed by atoms with Crippen LogP contribution in [0, 0.1) is 15.0 Å². The van der Waals surface area contributed by atoms with Gasteiger partial charge in [0, 0.05) is 11.6 Å². The second kappa shape index (κ2) is 5.73. The molecule has 1 aromatic heterocycles. The van der Waals surface area contributed by atoms with E-state index in [1.165, 1.54) is 0 Å². The fourth-order valence-corrected chi connectivity index (χ4v) is 2.32. The summed E-state index contributed by atoms with van der Waals surface area (Å²) in [5, 5.41) is 8.48. The lowest BCUT2D eigenvalue weighted by atomic mass is 10.2. The van der Waals surface area contributed by atoms with Crippen LogP contribution in [0.25, 0.3) is 0 Å². The van der Waals surface area contributed by atoms with Crippen molar-refractivity contribution < 1.29 is 17.9 Å². The molecule has 92 valence electrons. The first-order chi connectivity index (χ1) is 7.87. The molecule has 0 spiro atoms. The van der Waals surface area contributed by atoms with Gasteiger partial charge in [-0.05, 0) is 22.6 Å². The molecule has 1 rings (SSSR count). The Morgan fingerprint density at radius 3 is 2.65 bits per heavy atom. The van der Waals surface area contributed by atoms with Crippen LogP contribution in [0.1, 0.15) is 11.3 Å². The van der Waals surface area contributed by atoms with Gasteiger partial charge < -0.3 is 4.74 Å². The Morgan fingerprint density at radius 1 is 1.53 bits per heavy atom. The number of hydrogen-bond donors (Lipinski definition) is 0. The number of hydrogen-bond acceptors (Lipinski definition) is 3. The molecule has 0 fully saturated rings. The molecule has 0 bridgehead atoms. The van der Waals surface area contributed by atoms with E-state index in [1.807, 2.05) is 0 Å². The van der Waals surface area contributed by atoms with Gasteiger partial charge in [0.15, 0.2) is 0 Å². The van der Waals surface area contributed by atoms with Crippen LogP contribution in [-0.2, 0) is 12.3 Å². The van der Waals surface area contributed by atoms with E-state index in [0.29, 0.717) is 3.70 Å². The molecule has 0 saturated heterocycles. The maximum absolute atomic E-state index is 12.2. The summed E-state index contributed by atoms with van der Waals surface area (Å²) in [5.41, 5.74) is 0.372. The van der Waals surface area contributed by atoms with Crippen molar-refractivity contribution in [3.8, 4) is 11.8 Å². The highest BCUT2D eigenvalue weighted by Gasteiger charge is 2.32. The Bertz CT molecular complexity index is 459. The summed E-state index contributed by atoms with van der Waals surface area (Å²) in [6.45, 7) is 0. The minimum atomic E-state index is -4.80. The van der Waals surface area contributed by atoms with Crippen LogP contribution >= 0.6 is 34.2 Å². The van der Waals surface area contributed by atoms with E-state index in [0.717, 1.165) is 6.07 Å². The third kappa shape index (κ3) is 4.20.